The van der Waals surface area contributed by atoms with Crippen LogP contribution in [-0.4, -0.2) is 29.9 Å². The number of rotatable bonds is 7. The Kier molecular flexibility index (Phi) is 4.87. The average Bonchev–Trinajstić information content (AvgIpc) is 3.00. The van der Waals surface area contributed by atoms with Crippen molar-refractivity contribution in [1.82, 2.24) is 9.97 Å². The van der Waals surface area contributed by atoms with E-state index in [1.54, 1.807) is 0 Å². The third-order valence-electron chi connectivity index (χ3n) is 3.83. The largest absolute Gasteiger partial charge is 0.379 e. The van der Waals surface area contributed by atoms with Gasteiger partial charge < -0.3 is 10.3 Å². The zero-order chi connectivity index (χ0) is 18.7. The summed E-state index contributed by atoms with van der Waals surface area (Å²) < 4.78 is 23.1. The first-order chi connectivity index (χ1) is 12.4. The van der Waals surface area contributed by atoms with Crippen LogP contribution in [0.2, 0.25) is 0 Å². The third kappa shape index (κ3) is 3.81. The lowest BCUT2D eigenvalue weighted by molar-refractivity contribution is -0.386. The maximum atomic E-state index is 11.5. The second kappa shape index (κ2) is 7.10. The molecule has 0 fully saturated rings. The summed E-state index contributed by atoms with van der Waals surface area (Å²) in [5.41, 5.74) is 1.41. The number of anilines is 1. The number of para-hydroxylation sites is 3. The molecule has 2 aromatic carbocycles. The van der Waals surface area contributed by atoms with Crippen LogP contribution in [0.25, 0.3) is 11.0 Å². The van der Waals surface area contributed by atoms with Crippen molar-refractivity contribution in [1.29, 1.82) is 0 Å². The summed E-state index contributed by atoms with van der Waals surface area (Å²) >= 11 is 0. The van der Waals surface area contributed by atoms with E-state index in [1.807, 2.05) is 24.3 Å². The Balaban J connectivity index is 1.69. The predicted octanol–water partition coefficient (Wildman–Crippen LogP) is 2.16. The van der Waals surface area contributed by atoms with Crippen molar-refractivity contribution in [3.05, 3.63) is 58.4 Å². The van der Waals surface area contributed by atoms with E-state index in [0.717, 1.165) is 22.9 Å². The molecule has 0 radical (unpaired) electrons. The first kappa shape index (κ1) is 17.8. The molecule has 0 aliphatic heterocycles. The molecule has 26 heavy (non-hydrogen) atoms. The molecule has 0 amide bonds. The van der Waals surface area contributed by atoms with Gasteiger partial charge in [0.25, 0.3) is 0 Å². The van der Waals surface area contributed by atoms with Crippen LogP contribution in [0.15, 0.2) is 47.4 Å². The maximum Gasteiger partial charge on any atom is 0.312 e. The number of aromatic nitrogens is 2. The molecule has 0 saturated heterocycles. The van der Waals surface area contributed by atoms with Crippen molar-refractivity contribution in [2.75, 3.05) is 11.9 Å². The van der Waals surface area contributed by atoms with Crippen LogP contribution < -0.4 is 10.5 Å². The van der Waals surface area contributed by atoms with E-state index in [-0.39, 0.29) is 5.69 Å². The van der Waals surface area contributed by atoms with Crippen LogP contribution >= 0.6 is 0 Å². The fraction of sp³-hybridized carbons (Fsp3) is 0.188. The third-order valence-corrected chi connectivity index (χ3v) is 4.77. The molecule has 1 heterocycles. The van der Waals surface area contributed by atoms with Crippen molar-refractivity contribution in [2.24, 2.45) is 5.14 Å². The second-order valence-electron chi connectivity index (χ2n) is 5.69. The number of nitrogens with one attached hydrogen (secondary N) is 2. The molecule has 0 unspecified atom stereocenters. The Morgan fingerprint density at radius 1 is 1.19 bits per heavy atom. The summed E-state index contributed by atoms with van der Waals surface area (Å²) in [5, 5.41) is 19.2. The van der Waals surface area contributed by atoms with Gasteiger partial charge >= 0.3 is 5.69 Å². The Labute approximate surface area is 149 Å². The number of imidazole rings is 1. The molecule has 0 aliphatic carbocycles. The van der Waals surface area contributed by atoms with Gasteiger partial charge in [-0.25, -0.2) is 18.5 Å². The molecule has 4 N–H and O–H groups in total. The standard InChI is InChI=1S/C16H17N5O4S/c17-26(24,25)14-8-3-7-13(16(14)21(22)23)18-10-4-9-15-19-11-5-1-2-6-12(11)20-15/h1-3,5-8,18H,4,9-10H2,(H,19,20)(H2,17,24,25). The zero-order valence-corrected chi connectivity index (χ0v) is 14.5. The summed E-state index contributed by atoms with van der Waals surface area (Å²) in [6.45, 7) is 0.409. The normalized spacial score (nSPS) is 11.6. The first-order valence-electron chi connectivity index (χ1n) is 7.84. The maximum absolute atomic E-state index is 11.5. The number of hydrogen-bond acceptors (Lipinski definition) is 6. The van der Waals surface area contributed by atoms with Gasteiger partial charge in [0.2, 0.25) is 10.0 Å². The monoisotopic (exact) mass is 375 g/mol. The minimum atomic E-state index is -4.19. The predicted molar refractivity (Wildman–Crippen MR) is 97.4 cm³/mol. The van der Waals surface area contributed by atoms with E-state index in [2.05, 4.69) is 15.3 Å². The lowest BCUT2D eigenvalue weighted by Gasteiger charge is -2.09. The Hall–Kier alpha value is -2.98. The van der Waals surface area contributed by atoms with E-state index < -0.39 is 25.5 Å². The number of primary sulfonamides is 1. The number of nitro groups is 1. The molecule has 1 aromatic heterocycles. The quantitative estimate of drug-likeness (QED) is 0.328. The molecular weight excluding hydrogens is 358 g/mol. The summed E-state index contributed by atoms with van der Waals surface area (Å²) in [4.78, 5) is 17.7. The number of nitrogens with zero attached hydrogens (tertiary/aromatic N) is 2. The molecule has 3 aromatic rings. The van der Waals surface area contributed by atoms with Crippen molar-refractivity contribution in [3.8, 4) is 0 Å². The van der Waals surface area contributed by atoms with Gasteiger partial charge in [-0.2, -0.15) is 0 Å². The highest BCUT2D eigenvalue weighted by Gasteiger charge is 2.26. The van der Waals surface area contributed by atoms with Gasteiger partial charge in [-0.15, -0.1) is 0 Å². The SMILES string of the molecule is NS(=O)(=O)c1cccc(NCCCc2nc3ccccc3[nH]2)c1[N+](=O)[O-]. The van der Waals surface area contributed by atoms with E-state index in [1.165, 1.54) is 12.1 Å². The van der Waals surface area contributed by atoms with Gasteiger partial charge in [-0.05, 0) is 30.7 Å². The Morgan fingerprint density at radius 3 is 2.65 bits per heavy atom. The van der Waals surface area contributed by atoms with Gasteiger partial charge in [0.05, 0.1) is 16.0 Å². The van der Waals surface area contributed by atoms with Crippen LogP contribution in [0.4, 0.5) is 11.4 Å². The topological polar surface area (TPSA) is 144 Å². The van der Waals surface area contributed by atoms with Gasteiger partial charge in [0.1, 0.15) is 11.5 Å². The molecule has 136 valence electrons. The summed E-state index contributed by atoms with van der Waals surface area (Å²) in [6, 6.07) is 11.7. The van der Waals surface area contributed by atoms with E-state index >= 15 is 0 Å². The minimum Gasteiger partial charge on any atom is -0.379 e. The van der Waals surface area contributed by atoms with Crippen molar-refractivity contribution in [2.45, 2.75) is 17.7 Å². The lowest BCUT2D eigenvalue weighted by Crippen LogP contribution is -2.15. The fourth-order valence-electron chi connectivity index (χ4n) is 2.69. The number of hydrogen-bond donors (Lipinski definition) is 3. The zero-order valence-electron chi connectivity index (χ0n) is 13.7. The first-order valence-corrected chi connectivity index (χ1v) is 9.38. The Bertz CT molecular complexity index is 1030. The van der Waals surface area contributed by atoms with Crippen LogP contribution in [0.1, 0.15) is 12.2 Å². The van der Waals surface area contributed by atoms with Crippen molar-refractivity contribution < 1.29 is 13.3 Å². The number of H-pyrrole nitrogens is 1. The average molecular weight is 375 g/mol. The van der Waals surface area contributed by atoms with E-state index in [9.17, 15) is 18.5 Å². The lowest BCUT2D eigenvalue weighted by atomic mass is 10.2. The molecule has 10 heteroatoms. The van der Waals surface area contributed by atoms with Crippen LogP contribution in [-0.2, 0) is 16.4 Å². The van der Waals surface area contributed by atoms with Crippen LogP contribution in [0, 0.1) is 10.1 Å². The fourth-order valence-corrected chi connectivity index (χ4v) is 3.41. The van der Waals surface area contributed by atoms with Gasteiger partial charge in [0, 0.05) is 13.0 Å². The van der Waals surface area contributed by atoms with Gasteiger partial charge in [-0.3, -0.25) is 10.1 Å². The number of aromatic amines is 1. The Morgan fingerprint density at radius 2 is 1.96 bits per heavy atom. The van der Waals surface area contributed by atoms with Crippen molar-refractivity contribution >= 4 is 32.4 Å². The number of aryl methyl sites for hydroxylation is 1. The highest BCUT2D eigenvalue weighted by molar-refractivity contribution is 7.89. The van der Waals surface area contributed by atoms with Gasteiger partial charge in [0.15, 0.2) is 4.90 Å². The number of fused-ring (bicyclic) bond motifs is 1. The molecule has 0 atom stereocenters. The summed E-state index contributed by atoms with van der Waals surface area (Å²) in [5.74, 6) is 0.820. The molecular formula is C16H17N5O4S. The molecule has 0 saturated carbocycles. The number of benzene rings is 2. The molecule has 0 spiro atoms. The van der Waals surface area contributed by atoms with E-state index in [0.29, 0.717) is 19.4 Å². The van der Waals surface area contributed by atoms with Crippen LogP contribution in [0.3, 0.4) is 0 Å². The molecule has 3 rings (SSSR count). The van der Waals surface area contributed by atoms with Crippen molar-refractivity contribution in [3.63, 3.8) is 0 Å². The number of sulfonamides is 1. The summed E-state index contributed by atoms with van der Waals surface area (Å²) in [7, 11) is -4.19. The van der Waals surface area contributed by atoms with E-state index in [4.69, 9.17) is 5.14 Å². The second-order valence-corrected chi connectivity index (χ2v) is 7.22. The summed E-state index contributed by atoms with van der Waals surface area (Å²) in [6.07, 6.45) is 1.29. The highest BCUT2D eigenvalue weighted by atomic mass is 32.2. The number of nitrogens with two attached hydrogens (primary N) is 1. The highest BCUT2D eigenvalue weighted by Crippen LogP contribution is 2.31. The smallest absolute Gasteiger partial charge is 0.312 e. The molecule has 0 bridgehead atoms. The number of nitro benzene ring substituents is 1. The molecule has 9 nitrogen and oxygen atoms in total. The van der Waals surface area contributed by atoms with Gasteiger partial charge in [-0.1, -0.05) is 18.2 Å². The molecule has 0 aliphatic rings. The van der Waals surface area contributed by atoms with Crippen LogP contribution in [0.5, 0.6) is 0 Å². The minimum absolute atomic E-state index is 0.117.